The van der Waals surface area contributed by atoms with Crippen LogP contribution in [0.5, 0.6) is 11.5 Å². The van der Waals surface area contributed by atoms with Crippen LogP contribution in [0, 0.1) is 0 Å². The fraction of sp³-hybridized carbons (Fsp3) is 0.250. The van der Waals surface area contributed by atoms with Crippen LogP contribution >= 0.6 is 47.0 Å². The molecule has 0 saturated heterocycles. The predicted octanol–water partition coefficient (Wildman–Crippen LogP) is 4.08. The smallest absolute Gasteiger partial charge is 0.259 e. The molecule has 7 nitrogen and oxygen atoms in total. The third-order valence-electron chi connectivity index (χ3n) is 3.89. The molecule has 1 unspecified atom stereocenters. The first-order chi connectivity index (χ1) is 14.6. The summed E-state index contributed by atoms with van der Waals surface area (Å²) in [7, 11) is 1.55. The number of benzene rings is 2. The highest BCUT2D eigenvalue weighted by Gasteiger charge is 2.34. The first kappa shape index (κ1) is 25.0. The van der Waals surface area contributed by atoms with E-state index in [1.54, 1.807) is 55.6 Å². The molecule has 0 radical (unpaired) electrons. The first-order valence-corrected chi connectivity index (χ1v) is 10.4. The van der Waals surface area contributed by atoms with Gasteiger partial charge in [-0.15, -0.1) is 0 Å². The Bertz CT molecular complexity index is 919. The van der Waals surface area contributed by atoms with Crippen molar-refractivity contribution in [1.29, 1.82) is 0 Å². The van der Waals surface area contributed by atoms with E-state index in [9.17, 15) is 9.59 Å². The number of hydrogen-bond donors (Lipinski definition) is 3. The molecule has 0 heterocycles. The van der Waals surface area contributed by atoms with Crippen molar-refractivity contribution in [2.75, 3.05) is 19.0 Å². The fourth-order valence-electron chi connectivity index (χ4n) is 2.31. The molecule has 0 aliphatic heterocycles. The summed E-state index contributed by atoms with van der Waals surface area (Å²) < 4.78 is 8.57. The number of carbonyl (C=O) groups is 2. The Hall–Kier alpha value is -2.26. The monoisotopic (exact) mass is 503 g/mol. The van der Waals surface area contributed by atoms with E-state index in [0.717, 1.165) is 0 Å². The molecule has 1 amide bonds. The summed E-state index contributed by atoms with van der Waals surface area (Å²) in [4.78, 5) is 23.6. The molecule has 2 aromatic rings. The molecule has 3 N–H and O–H groups in total. The maximum absolute atomic E-state index is 12.3. The minimum Gasteiger partial charge on any atom is -0.497 e. The van der Waals surface area contributed by atoms with Gasteiger partial charge in [-0.2, -0.15) is 0 Å². The van der Waals surface area contributed by atoms with Crippen LogP contribution in [0.3, 0.4) is 0 Å². The maximum Gasteiger partial charge on any atom is 0.259 e. The normalized spacial score (nSPS) is 11.8. The van der Waals surface area contributed by atoms with Crippen molar-refractivity contribution in [3.8, 4) is 11.5 Å². The number of methoxy groups -OCH3 is 1. The van der Waals surface area contributed by atoms with Crippen LogP contribution < -0.4 is 25.4 Å². The number of carbonyl (C=O) groups excluding carboxylic acids is 2. The van der Waals surface area contributed by atoms with E-state index >= 15 is 0 Å². The lowest BCUT2D eigenvalue weighted by atomic mass is 10.1. The molecule has 0 aliphatic carbocycles. The fourth-order valence-corrected chi connectivity index (χ4v) is 2.87. The molecule has 0 aliphatic rings. The average molecular weight is 505 g/mol. The second kappa shape index (κ2) is 11.4. The van der Waals surface area contributed by atoms with Gasteiger partial charge in [0.15, 0.2) is 17.5 Å². The number of hydrogen-bond acceptors (Lipinski definition) is 5. The Morgan fingerprint density at radius 1 is 1.00 bits per heavy atom. The number of ether oxygens (including phenoxy) is 2. The number of thiocarbonyl (C=S) groups is 1. The van der Waals surface area contributed by atoms with E-state index in [4.69, 9.17) is 56.5 Å². The number of amides is 1. The van der Waals surface area contributed by atoms with Crippen LogP contribution in [-0.2, 0) is 4.79 Å². The lowest BCUT2D eigenvalue weighted by Gasteiger charge is -2.27. The van der Waals surface area contributed by atoms with Crippen molar-refractivity contribution >= 4 is 69.5 Å². The van der Waals surface area contributed by atoms with Gasteiger partial charge in [-0.1, -0.05) is 34.8 Å². The van der Waals surface area contributed by atoms with Gasteiger partial charge in [-0.05, 0) is 67.7 Å². The number of alkyl halides is 3. The minimum absolute atomic E-state index is 0.0527. The Morgan fingerprint density at radius 2 is 1.58 bits per heavy atom. The molecule has 2 rings (SSSR count). The van der Waals surface area contributed by atoms with Gasteiger partial charge in [0.2, 0.25) is 3.79 Å². The highest BCUT2D eigenvalue weighted by atomic mass is 35.6. The highest BCUT2D eigenvalue weighted by Crippen LogP contribution is 2.29. The van der Waals surface area contributed by atoms with Crippen molar-refractivity contribution in [3.63, 3.8) is 0 Å². The third kappa shape index (κ3) is 8.41. The number of halogens is 3. The zero-order valence-corrected chi connectivity index (χ0v) is 19.7. The molecule has 0 spiro atoms. The van der Waals surface area contributed by atoms with Gasteiger partial charge in [-0.3, -0.25) is 9.59 Å². The zero-order chi connectivity index (χ0) is 23.0. The van der Waals surface area contributed by atoms with Gasteiger partial charge in [0, 0.05) is 11.3 Å². The summed E-state index contributed by atoms with van der Waals surface area (Å²) in [6, 6.07) is 13.4. The topological polar surface area (TPSA) is 88.7 Å². The van der Waals surface area contributed by atoms with Gasteiger partial charge in [0.1, 0.15) is 17.7 Å². The van der Waals surface area contributed by atoms with Crippen molar-refractivity contribution in [2.45, 2.75) is 16.9 Å². The molecule has 31 heavy (non-hydrogen) atoms. The van der Waals surface area contributed by atoms with Crippen molar-refractivity contribution in [1.82, 2.24) is 10.6 Å². The van der Waals surface area contributed by atoms with E-state index in [1.807, 2.05) is 0 Å². The van der Waals surface area contributed by atoms with Crippen molar-refractivity contribution in [2.24, 2.45) is 0 Å². The van der Waals surface area contributed by atoms with Crippen LogP contribution in [0.15, 0.2) is 48.5 Å². The van der Waals surface area contributed by atoms with E-state index < -0.39 is 15.9 Å². The molecule has 0 aromatic heterocycles. The number of anilines is 1. The third-order valence-corrected chi connectivity index (χ3v) is 4.76. The lowest BCUT2D eigenvalue weighted by molar-refractivity contribution is -0.123. The summed E-state index contributed by atoms with van der Waals surface area (Å²) in [5, 5.41) is 8.25. The Balaban J connectivity index is 1.92. The lowest BCUT2D eigenvalue weighted by Crippen LogP contribution is -2.56. The predicted molar refractivity (Wildman–Crippen MR) is 127 cm³/mol. The summed E-state index contributed by atoms with van der Waals surface area (Å²) in [6.45, 7) is 1.17. The Labute approximate surface area is 200 Å². The van der Waals surface area contributed by atoms with E-state index in [0.29, 0.717) is 22.7 Å². The van der Waals surface area contributed by atoms with Gasteiger partial charge in [0.05, 0.1) is 7.11 Å². The minimum atomic E-state index is -1.90. The summed E-state index contributed by atoms with van der Waals surface area (Å²) in [6.07, 6.45) is -1.14. The molecular weight excluding hydrogens is 485 g/mol. The van der Waals surface area contributed by atoms with Crippen LogP contribution in [0.1, 0.15) is 17.3 Å². The van der Waals surface area contributed by atoms with E-state index in [2.05, 4.69) is 16.0 Å². The van der Waals surface area contributed by atoms with Crippen molar-refractivity contribution in [3.05, 3.63) is 54.1 Å². The maximum atomic E-state index is 12.3. The van der Waals surface area contributed by atoms with Crippen LogP contribution in [0.4, 0.5) is 5.69 Å². The first-order valence-electron chi connectivity index (χ1n) is 8.90. The number of nitrogens with one attached hydrogen (secondary N) is 3. The van der Waals surface area contributed by atoms with Crippen molar-refractivity contribution < 1.29 is 19.1 Å². The quantitative estimate of drug-likeness (QED) is 0.216. The van der Waals surface area contributed by atoms with Gasteiger partial charge in [0.25, 0.3) is 5.91 Å². The van der Waals surface area contributed by atoms with E-state index in [-0.39, 0.29) is 17.5 Å². The SMILES string of the molecule is COc1ccc(OCC(=O)NC(NC(=S)Nc2ccc(C(C)=O)cc2)C(Cl)(Cl)Cl)cc1. The summed E-state index contributed by atoms with van der Waals surface area (Å²) in [5.74, 6) is 0.547. The van der Waals surface area contributed by atoms with Crippen LogP contribution in [0.2, 0.25) is 0 Å². The zero-order valence-electron chi connectivity index (χ0n) is 16.6. The standard InChI is InChI=1S/C20H20Cl3N3O4S/c1-12(27)13-3-5-14(6-4-13)24-19(31)26-18(20(21,22)23)25-17(28)11-30-16-9-7-15(29-2)8-10-16/h3-10,18H,11H2,1-2H3,(H,25,28)(H2,24,26,31). The highest BCUT2D eigenvalue weighted by molar-refractivity contribution is 7.80. The Kier molecular flexibility index (Phi) is 9.18. The molecule has 0 fully saturated rings. The average Bonchev–Trinajstić information content (AvgIpc) is 2.72. The van der Waals surface area contributed by atoms with E-state index in [1.165, 1.54) is 6.92 Å². The summed E-state index contributed by atoms with van der Waals surface area (Å²) in [5.41, 5.74) is 1.17. The Morgan fingerprint density at radius 3 is 2.10 bits per heavy atom. The number of rotatable bonds is 8. The second-order valence-electron chi connectivity index (χ2n) is 6.24. The molecule has 0 bridgehead atoms. The largest absolute Gasteiger partial charge is 0.497 e. The molecular formula is C20H20Cl3N3O4S. The number of Topliss-reactive ketones (excluding diaryl/α,β-unsaturated/α-hetero) is 1. The second-order valence-corrected chi connectivity index (χ2v) is 9.02. The van der Waals surface area contributed by atoms with Gasteiger partial charge >= 0.3 is 0 Å². The molecule has 11 heteroatoms. The molecule has 166 valence electrons. The molecule has 1 atom stereocenters. The summed E-state index contributed by atoms with van der Waals surface area (Å²) >= 11 is 23.1. The number of ketones is 1. The molecule has 0 saturated carbocycles. The van der Waals surface area contributed by atoms with Gasteiger partial charge < -0.3 is 25.4 Å². The van der Waals surface area contributed by atoms with Crippen LogP contribution in [-0.4, -0.2) is 40.5 Å². The van der Waals surface area contributed by atoms with Gasteiger partial charge in [-0.25, -0.2) is 0 Å². The molecule has 2 aromatic carbocycles. The van der Waals surface area contributed by atoms with Crippen LogP contribution in [0.25, 0.3) is 0 Å².